The van der Waals surface area contributed by atoms with Crippen molar-refractivity contribution in [1.82, 2.24) is 0 Å². The minimum atomic E-state index is -2.30. The van der Waals surface area contributed by atoms with E-state index >= 15 is 0 Å². The van der Waals surface area contributed by atoms with Crippen LogP contribution in [0.2, 0.25) is 36.6 Å². The number of rotatable bonds is 9. The molecular formula is C25H38OSiSn2. The molecule has 0 N–H and O–H groups in total. The zero-order valence-electron chi connectivity index (χ0n) is 19.5. The van der Waals surface area contributed by atoms with Gasteiger partial charge in [0.15, 0.2) is 0 Å². The van der Waals surface area contributed by atoms with Crippen molar-refractivity contribution in [3.8, 4) is 0 Å². The van der Waals surface area contributed by atoms with Crippen molar-refractivity contribution in [2.24, 2.45) is 0 Å². The van der Waals surface area contributed by atoms with Gasteiger partial charge in [0.05, 0.1) is 0 Å². The fourth-order valence-electron chi connectivity index (χ4n) is 5.79. The first kappa shape index (κ1) is 25.1. The van der Waals surface area contributed by atoms with E-state index in [1.165, 1.54) is 11.1 Å². The van der Waals surface area contributed by atoms with Gasteiger partial charge in [0.25, 0.3) is 0 Å². The Hall–Kier alpha value is -0.206. The molecule has 2 radical (unpaired) electrons. The molecule has 2 aromatic rings. The second kappa shape index (κ2) is 10.4. The van der Waals surface area contributed by atoms with Gasteiger partial charge in [0.1, 0.15) is 0 Å². The molecule has 156 valence electrons. The summed E-state index contributed by atoms with van der Waals surface area (Å²) in [6, 6.07) is 22.3. The van der Waals surface area contributed by atoms with E-state index in [0.29, 0.717) is 15.7 Å². The topological polar surface area (TPSA) is 9.23 Å². The van der Waals surface area contributed by atoms with E-state index in [2.05, 4.69) is 97.2 Å². The predicted molar refractivity (Wildman–Crippen MR) is 135 cm³/mol. The van der Waals surface area contributed by atoms with Crippen LogP contribution in [-0.2, 0) is 4.43 Å². The fourth-order valence-corrected chi connectivity index (χ4v) is 82.0. The Bertz CT molecular complexity index is 724. The molecule has 29 heavy (non-hydrogen) atoms. The van der Waals surface area contributed by atoms with E-state index in [1.807, 2.05) is 19.3 Å². The molecule has 0 aliphatic rings. The first-order chi connectivity index (χ1) is 13.5. The van der Waals surface area contributed by atoms with Crippen molar-refractivity contribution in [2.45, 2.75) is 56.4 Å². The molecular weight excluding hydrogens is 582 g/mol. The summed E-state index contributed by atoms with van der Waals surface area (Å²) < 4.78 is 7.10. The standard InChI is InChI=1S/C19H20OSi.6CH3.2Sn/c1-4-15-20-21-19(2,3)18(16-11-7-5-8-12-16)17-13-9-6-10-14-17;;;;;;;;/h2,4-15,18H,1,3H3;6*1H3;;/b15-4-;;;;;;;;. The number of benzene rings is 2. The zero-order valence-corrected chi connectivity index (χ0v) is 26.2. The van der Waals surface area contributed by atoms with Gasteiger partial charge < -0.3 is 0 Å². The molecule has 2 aromatic carbocycles. The van der Waals surface area contributed by atoms with E-state index in [-0.39, 0.29) is 5.04 Å². The monoisotopic (exact) mass is 622 g/mol. The molecule has 1 nitrogen and oxygen atoms in total. The van der Waals surface area contributed by atoms with Crippen LogP contribution in [0.5, 0.6) is 0 Å². The first-order valence-corrected chi connectivity index (χ1v) is 32.0. The van der Waals surface area contributed by atoms with Crippen LogP contribution in [-0.4, -0.2) is 46.5 Å². The maximum absolute atomic E-state index is 6.26. The molecule has 0 aliphatic heterocycles. The average molecular weight is 620 g/mol. The number of hydrogen-bond donors (Lipinski definition) is 0. The SMILES string of the molecule is C/C=C\O[Si]C(C)(C(c1ccccc1)c1ccccc1)[CH]([Sn]([CH3])([CH3])[CH3])[Sn]([CH3])([CH3])[CH3]. The summed E-state index contributed by atoms with van der Waals surface area (Å²) in [5.41, 5.74) is 2.85. The molecule has 0 bridgehead atoms. The first-order valence-electron chi connectivity index (χ1n) is 10.7. The Morgan fingerprint density at radius 1 is 0.793 bits per heavy atom. The quantitative estimate of drug-likeness (QED) is 0.206. The molecule has 0 aromatic heterocycles. The van der Waals surface area contributed by atoms with Gasteiger partial charge in [-0.25, -0.2) is 0 Å². The molecule has 0 saturated carbocycles. The molecule has 1 atom stereocenters. The molecule has 0 amide bonds. The van der Waals surface area contributed by atoms with Gasteiger partial charge in [-0.2, -0.15) is 0 Å². The van der Waals surface area contributed by atoms with Crippen LogP contribution in [0.3, 0.4) is 0 Å². The van der Waals surface area contributed by atoms with Crippen LogP contribution in [0.15, 0.2) is 73.0 Å². The Morgan fingerprint density at radius 3 is 1.55 bits per heavy atom. The van der Waals surface area contributed by atoms with Crippen molar-refractivity contribution in [3.63, 3.8) is 0 Å². The zero-order chi connectivity index (χ0) is 21.7. The van der Waals surface area contributed by atoms with Crippen molar-refractivity contribution in [1.29, 1.82) is 0 Å². The summed E-state index contributed by atoms with van der Waals surface area (Å²) in [4.78, 5) is 15.9. The van der Waals surface area contributed by atoms with E-state index in [9.17, 15) is 0 Å². The summed E-state index contributed by atoms with van der Waals surface area (Å²) >= 11 is -4.61. The molecule has 0 saturated heterocycles. The Kier molecular flexibility index (Phi) is 8.99. The van der Waals surface area contributed by atoms with E-state index in [1.54, 1.807) is 0 Å². The fraction of sp³-hybridized carbons (Fsp3) is 0.440. The van der Waals surface area contributed by atoms with Crippen LogP contribution in [0.25, 0.3) is 0 Å². The Morgan fingerprint density at radius 2 is 1.21 bits per heavy atom. The van der Waals surface area contributed by atoms with Gasteiger partial charge in [-0.15, -0.1) is 0 Å². The summed E-state index contributed by atoms with van der Waals surface area (Å²) in [5, 5.41) is 0.102. The van der Waals surface area contributed by atoms with E-state index in [0.717, 1.165) is 1.95 Å². The predicted octanol–water partition coefficient (Wildman–Crippen LogP) is 7.75. The maximum atomic E-state index is 6.26. The summed E-state index contributed by atoms with van der Waals surface area (Å²) in [5.74, 6) is 0.352. The van der Waals surface area contributed by atoms with Gasteiger partial charge in [-0.1, -0.05) is 0 Å². The van der Waals surface area contributed by atoms with Gasteiger partial charge in [0.2, 0.25) is 0 Å². The number of hydrogen-bond acceptors (Lipinski definition) is 1. The van der Waals surface area contributed by atoms with Crippen LogP contribution < -0.4 is 0 Å². The van der Waals surface area contributed by atoms with Crippen LogP contribution in [0, 0.1) is 0 Å². The molecule has 1 unspecified atom stereocenters. The van der Waals surface area contributed by atoms with Gasteiger partial charge in [0, 0.05) is 0 Å². The van der Waals surface area contributed by atoms with Crippen LogP contribution in [0.1, 0.15) is 30.9 Å². The normalized spacial score (nSPS) is 15.1. The minimum absolute atomic E-state index is 0.102. The number of allylic oxidation sites excluding steroid dienone is 1. The molecule has 4 heteroatoms. The average Bonchev–Trinajstić information content (AvgIpc) is 2.61. The van der Waals surface area contributed by atoms with Crippen molar-refractivity contribution >= 4 is 46.5 Å². The van der Waals surface area contributed by atoms with Crippen LogP contribution >= 0.6 is 0 Å². The second-order valence-corrected chi connectivity index (χ2v) is 46.9. The molecule has 0 spiro atoms. The van der Waals surface area contributed by atoms with Crippen molar-refractivity contribution in [2.75, 3.05) is 0 Å². The van der Waals surface area contributed by atoms with E-state index in [4.69, 9.17) is 4.43 Å². The third kappa shape index (κ3) is 6.39. The second-order valence-electron chi connectivity index (χ2n) is 10.4. The van der Waals surface area contributed by atoms with E-state index < -0.39 is 36.8 Å². The molecule has 2 rings (SSSR count). The summed E-state index contributed by atoms with van der Waals surface area (Å²) in [6.07, 6.45) is 3.92. The van der Waals surface area contributed by atoms with Gasteiger partial charge in [-0.05, 0) is 0 Å². The van der Waals surface area contributed by atoms with Gasteiger partial charge >= 0.3 is 191 Å². The van der Waals surface area contributed by atoms with Crippen molar-refractivity contribution in [3.05, 3.63) is 84.1 Å². The Labute approximate surface area is 190 Å². The van der Waals surface area contributed by atoms with Crippen molar-refractivity contribution < 1.29 is 4.43 Å². The third-order valence-corrected chi connectivity index (χ3v) is 55.1. The third-order valence-electron chi connectivity index (χ3n) is 5.68. The summed E-state index contributed by atoms with van der Waals surface area (Å²) in [7, 11) is 0.460. The molecule has 0 aliphatic carbocycles. The van der Waals surface area contributed by atoms with Crippen LogP contribution in [0.4, 0.5) is 0 Å². The van der Waals surface area contributed by atoms with Gasteiger partial charge in [-0.3, -0.25) is 0 Å². The Balaban J connectivity index is 2.77. The molecule has 0 heterocycles. The molecule has 0 fully saturated rings. The summed E-state index contributed by atoms with van der Waals surface area (Å²) in [6.45, 7) is 4.59.